The van der Waals surface area contributed by atoms with E-state index in [1.807, 2.05) is 25.2 Å². The number of hydrogen-bond acceptors (Lipinski definition) is 2. The van der Waals surface area contributed by atoms with Crippen molar-refractivity contribution < 1.29 is 0 Å². The number of nitrogens with zero attached hydrogens (tertiary/aromatic N) is 2. The van der Waals surface area contributed by atoms with Crippen molar-refractivity contribution in [3.63, 3.8) is 0 Å². The van der Waals surface area contributed by atoms with Gasteiger partial charge in [-0.1, -0.05) is 30.3 Å². The summed E-state index contributed by atoms with van der Waals surface area (Å²) < 4.78 is 2.09. The predicted molar refractivity (Wildman–Crippen MR) is 76.7 cm³/mol. The minimum absolute atomic E-state index is 1.03. The molecule has 0 aliphatic rings. The molecule has 0 saturated carbocycles. The highest BCUT2D eigenvalue weighted by atomic mass is 32.1. The summed E-state index contributed by atoms with van der Waals surface area (Å²) in [5.74, 6) is 1.03. The second-order valence-corrected chi connectivity index (χ2v) is 5.62. The van der Waals surface area contributed by atoms with Crippen LogP contribution in [0.3, 0.4) is 0 Å². The van der Waals surface area contributed by atoms with Crippen LogP contribution in [-0.2, 0) is 7.05 Å². The van der Waals surface area contributed by atoms with Crippen molar-refractivity contribution in [3.05, 3.63) is 53.5 Å². The first-order valence-corrected chi connectivity index (χ1v) is 6.71. The number of aromatic nitrogens is 2. The summed E-state index contributed by atoms with van der Waals surface area (Å²) in [6, 6.07) is 14.6. The fourth-order valence-corrected chi connectivity index (χ4v) is 2.90. The van der Waals surface area contributed by atoms with Gasteiger partial charge in [0.25, 0.3) is 0 Å². The minimum Gasteiger partial charge on any atom is -0.333 e. The Bertz CT molecular complexity index is 665. The molecule has 1 aromatic carbocycles. The first-order valence-electron chi connectivity index (χ1n) is 5.89. The summed E-state index contributed by atoms with van der Waals surface area (Å²) in [7, 11) is 2.05. The first kappa shape index (κ1) is 11.2. The topological polar surface area (TPSA) is 17.8 Å². The highest BCUT2D eigenvalue weighted by Crippen LogP contribution is 2.29. The molecule has 3 rings (SSSR count). The third-order valence-corrected chi connectivity index (χ3v) is 3.90. The van der Waals surface area contributed by atoms with E-state index in [0.717, 1.165) is 17.1 Å². The fourth-order valence-electron chi connectivity index (χ4n) is 2.00. The molecule has 0 amide bonds. The molecule has 2 heterocycles. The van der Waals surface area contributed by atoms with Crippen LogP contribution in [-0.4, -0.2) is 9.55 Å². The zero-order valence-electron chi connectivity index (χ0n) is 10.4. The number of aryl methyl sites for hydroxylation is 2. The molecule has 0 aliphatic heterocycles. The molecule has 0 bridgehead atoms. The summed E-state index contributed by atoms with van der Waals surface area (Å²) in [5, 5.41) is 0. The summed E-state index contributed by atoms with van der Waals surface area (Å²) in [5.41, 5.74) is 2.19. The molecular formula is C15H14N2S. The van der Waals surface area contributed by atoms with Crippen molar-refractivity contribution in [2.45, 2.75) is 6.92 Å². The van der Waals surface area contributed by atoms with Crippen LogP contribution < -0.4 is 0 Å². The monoisotopic (exact) mass is 254 g/mol. The number of imidazole rings is 1. The van der Waals surface area contributed by atoms with Gasteiger partial charge in [0.2, 0.25) is 0 Å². The van der Waals surface area contributed by atoms with Gasteiger partial charge in [-0.05, 0) is 19.1 Å². The minimum atomic E-state index is 1.03. The third kappa shape index (κ3) is 1.97. The van der Waals surface area contributed by atoms with Gasteiger partial charge in [-0.15, -0.1) is 11.3 Å². The zero-order valence-corrected chi connectivity index (χ0v) is 11.2. The Balaban J connectivity index is 2.06. The van der Waals surface area contributed by atoms with Gasteiger partial charge in [0, 0.05) is 23.7 Å². The molecule has 0 radical (unpaired) electrons. The fraction of sp³-hybridized carbons (Fsp3) is 0.133. The van der Waals surface area contributed by atoms with Crippen molar-refractivity contribution >= 4 is 11.3 Å². The molecule has 3 heteroatoms. The molecule has 0 unspecified atom stereocenters. The van der Waals surface area contributed by atoms with Gasteiger partial charge in [-0.3, -0.25) is 0 Å². The molecular weight excluding hydrogens is 240 g/mol. The van der Waals surface area contributed by atoms with Gasteiger partial charge in [0.15, 0.2) is 5.82 Å². The Morgan fingerprint density at radius 3 is 2.50 bits per heavy atom. The average molecular weight is 254 g/mol. The van der Waals surface area contributed by atoms with Crippen molar-refractivity contribution in [2.75, 3.05) is 0 Å². The van der Waals surface area contributed by atoms with Crippen LogP contribution in [0, 0.1) is 6.92 Å². The number of rotatable bonds is 2. The van der Waals surface area contributed by atoms with Crippen LogP contribution in [0.15, 0.2) is 48.7 Å². The maximum atomic E-state index is 4.74. The van der Waals surface area contributed by atoms with E-state index in [0.29, 0.717) is 0 Å². The lowest BCUT2D eigenvalue weighted by Crippen LogP contribution is -1.87. The Kier molecular flexibility index (Phi) is 2.76. The van der Waals surface area contributed by atoms with Crippen LogP contribution >= 0.6 is 11.3 Å². The van der Waals surface area contributed by atoms with Crippen LogP contribution in [0.5, 0.6) is 0 Å². The van der Waals surface area contributed by atoms with Crippen LogP contribution in [0.1, 0.15) is 4.88 Å². The molecule has 2 nitrogen and oxygen atoms in total. The molecule has 0 spiro atoms. The van der Waals surface area contributed by atoms with E-state index in [9.17, 15) is 0 Å². The predicted octanol–water partition coefficient (Wildman–Crippen LogP) is 4.12. The van der Waals surface area contributed by atoms with Gasteiger partial charge in [-0.25, -0.2) is 4.98 Å². The number of benzene rings is 1. The first-order chi connectivity index (χ1) is 8.74. The Morgan fingerprint density at radius 2 is 1.83 bits per heavy atom. The van der Waals surface area contributed by atoms with Gasteiger partial charge in [-0.2, -0.15) is 0 Å². The van der Waals surface area contributed by atoms with Crippen LogP contribution in [0.25, 0.3) is 22.0 Å². The SMILES string of the molecule is Cc1ccc(-c2nc(-c3ccccc3)cn2C)s1. The molecule has 0 N–H and O–H groups in total. The Hall–Kier alpha value is -1.87. The third-order valence-electron chi connectivity index (χ3n) is 2.91. The molecule has 0 saturated heterocycles. The summed E-state index contributed by atoms with van der Waals surface area (Å²) in [6.45, 7) is 2.12. The standard InChI is InChI=1S/C15H14N2S/c1-11-8-9-14(18-11)15-16-13(10-17(15)2)12-6-4-3-5-7-12/h3-10H,1-2H3. The molecule has 0 atom stereocenters. The Morgan fingerprint density at radius 1 is 1.06 bits per heavy atom. The van der Waals surface area contributed by atoms with E-state index in [1.54, 1.807) is 11.3 Å². The largest absolute Gasteiger partial charge is 0.333 e. The molecule has 3 aromatic rings. The number of hydrogen-bond donors (Lipinski definition) is 0. The van der Waals surface area contributed by atoms with E-state index in [4.69, 9.17) is 4.98 Å². The lowest BCUT2D eigenvalue weighted by Gasteiger charge is -1.95. The van der Waals surface area contributed by atoms with Crippen molar-refractivity contribution in [1.29, 1.82) is 0 Å². The maximum absolute atomic E-state index is 4.74. The molecule has 0 fully saturated rings. The highest BCUT2D eigenvalue weighted by Gasteiger charge is 2.10. The van der Waals surface area contributed by atoms with Crippen molar-refractivity contribution in [3.8, 4) is 22.0 Å². The quantitative estimate of drug-likeness (QED) is 0.672. The summed E-state index contributed by atoms with van der Waals surface area (Å²) in [6.07, 6.45) is 2.08. The van der Waals surface area contributed by atoms with Gasteiger partial charge < -0.3 is 4.57 Å². The maximum Gasteiger partial charge on any atom is 0.150 e. The van der Waals surface area contributed by atoms with E-state index < -0.39 is 0 Å². The van der Waals surface area contributed by atoms with Gasteiger partial charge in [0.1, 0.15) is 0 Å². The molecule has 0 aliphatic carbocycles. The second-order valence-electron chi connectivity index (χ2n) is 4.34. The Labute approximate surface area is 111 Å². The smallest absolute Gasteiger partial charge is 0.150 e. The lowest BCUT2D eigenvalue weighted by molar-refractivity contribution is 0.928. The summed E-state index contributed by atoms with van der Waals surface area (Å²) >= 11 is 1.78. The molecule has 90 valence electrons. The van der Waals surface area contributed by atoms with Crippen molar-refractivity contribution in [1.82, 2.24) is 9.55 Å². The number of thiophene rings is 1. The van der Waals surface area contributed by atoms with Crippen LogP contribution in [0.2, 0.25) is 0 Å². The molecule has 2 aromatic heterocycles. The lowest BCUT2D eigenvalue weighted by atomic mass is 10.2. The average Bonchev–Trinajstić information content (AvgIpc) is 2.97. The van der Waals surface area contributed by atoms with Gasteiger partial charge in [0.05, 0.1) is 10.6 Å². The second kappa shape index (κ2) is 4.42. The van der Waals surface area contributed by atoms with Crippen LogP contribution in [0.4, 0.5) is 0 Å². The van der Waals surface area contributed by atoms with E-state index in [1.165, 1.54) is 9.75 Å². The normalized spacial score (nSPS) is 10.8. The highest BCUT2D eigenvalue weighted by molar-refractivity contribution is 7.15. The van der Waals surface area contributed by atoms with E-state index >= 15 is 0 Å². The molecule has 18 heavy (non-hydrogen) atoms. The van der Waals surface area contributed by atoms with Gasteiger partial charge >= 0.3 is 0 Å². The summed E-state index contributed by atoms with van der Waals surface area (Å²) in [4.78, 5) is 7.27. The zero-order chi connectivity index (χ0) is 12.5. The van der Waals surface area contributed by atoms with Crippen molar-refractivity contribution in [2.24, 2.45) is 7.05 Å². The van der Waals surface area contributed by atoms with E-state index in [-0.39, 0.29) is 0 Å². The van der Waals surface area contributed by atoms with E-state index in [2.05, 4.69) is 42.0 Å².